The zero-order chi connectivity index (χ0) is 11.6. The first-order valence-corrected chi connectivity index (χ1v) is 6.10. The molecule has 15 heavy (non-hydrogen) atoms. The molecule has 0 saturated carbocycles. The number of benzene rings is 1. The van der Waals surface area contributed by atoms with Crippen molar-refractivity contribution in [2.45, 2.75) is 25.2 Å². The van der Waals surface area contributed by atoms with Crippen LogP contribution >= 0.6 is 0 Å². The SMILES string of the molecule is CC(C)Cc1ccc(N)c(S(=O)(=O)O)c1. The topological polar surface area (TPSA) is 80.4 Å². The molecule has 84 valence electrons. The summed E-state index contributed by atoms with van der Waals surface area (Å²) >= 11 is 0. The van der Waals surface area contributed by atoms with Gasteiger partial charge in [0, 0.05) is 0 Å². The average molecular weight is 229 g/mol. The van der Waals surface area contributed by atoms with Gasteiger partial charge in [-0.05, 0) is 30.0 Å². The van der Waals surface area contributed by atoms with Gasteiger partial charge in [-0.3, -0.25) is 4.55 Å². The molecule has 1 aromatic carbocycles. The normalized spacial score (nSPS) is 12.0. The van der Waals surface area contributed by atoms with Crippen LogP contribution in [0.25, 0.3) is 0 Å². The third-order valence-corrected chi connectivity index (χ3v) is 2.91. The number of rotatable bonds is 3. The van der Waals surface area contributed by atoms with Gasteiger partial charge in [-0.25, -0.2) is 0 Å². The van der Waals surface area contributed by atoms with E-state index in [0.717, 1.165) is 12.0 Å². The summed E-state index contributed by atoms with van der Waals surface area (Å²) in [5.74, 6) is 0.419. The molecule has 0 aliphatic carbocycles. The molecule has 0 heterocycles. The van der Waals surface area contributed by atoms with E-state index in [1.54, 1.807) is 6.07 Å². The van der Waals surface area contributed by atoms with Gasteiger partial charge in [-0.1, -0.05) is 19.9 Å². The van der Waals surface area contributed by atoms with E-state index < -0.39 is 10.1 Å². The Balaban J connectivity index is 3.18. The van der Waals surface area contributed by atoms with Gasteiger partial charge in [0.25, 0.3) is 10.1 Å². The van der Waals surface area contributed by atoms with Crippen molar-refractivity contribution in [3.8, 4) is 0 Å². The largest absolute Gasteiger partial charge is 0.398 e. The smallest absolute Gasteiger partial charge is 0.296 e. The molecule has 0 bridgehead atoms. The molecule has 0 spiro atoms. The Morgan fingerprint density at radius 1 is 1.40 bits per heavy atom. The van der Waals surface area contributed by atoms with Crippen molar-refractivity contribution in [1.82, 2.24) is 0 Å². The lowest BCUT2D eigenvalue weighted by Gasteiger charge is -2.08. The van der Waals surface area contributed by atoms with Gasteiger partial charge >= 0.3 is 0 Å². The van der Waals surface area contributed by atoms with Crippen LogP contribution in [0.3, 0.4) is 0 Å². The molecule has 0 aliphatic heterocycles. The van der Waals surface area contributed by atoms with E-state index in [1.807, 2.05) is 13.8 Å². The fraction of sp³-hybridized carbons (Fsp3) is 0.400. The summed E-state index contributed by atoms with van der Waals surface area (Å²) < 4.78 is 30.9. The van der Waals surface area contributed by atoms with E-state index >= 15 is 0 Å². The van der Waals surface area contributed by atoms with Crippen LogP contribution in [0.1, 0.15) is 19.4 Å². The van der Waals surface area contributed by atoms with E-state index in [1.165, 1.54) is 12.1 Å². The van der Waals surface area contributed by atoms with Crippen molar-refractivity contribution in [3.63, 3.8) is 0 Å². The Morgan fingerprint density at radius 3 is 2.47 bits per heavy atom. The molecule has 0 atom stereocenters. The first kappa shape index (κ1) is 12.0. The number of anilines is 1. The van der Waals surface area contributed by atoms with Crippen molar-refractivity contribution in [2.24, 2.45) is 5.92 Å². The lowest BCUT2D eigenvalue weighted by molar-refractivity contribution is 0.483. The van der Waals surface area contributed by atoms with Crippen LogP contribution in [-0.2, 0) is 16.5 Å². The third-order valence-electron chi connectivity index (χ3n) is 2.00. The van der Waals surface area contributed by atoms with Gasteiger partial charge in [0.15, 0.2) is 0 Å². The lowest BCUT2D eigenvalue weighted by Crippen LogP contribution is -2.05. The molecule has 0 aliphatic rings. The van der Waals surface area contributed by atoms with E-state index in [4.69, 9.17) is 10.3 Å². The monoisotopic (exact) mass is 229 g/mol. The summed E-state index contributed by atoms with van der Waals surface area (Å²) in [5, 5.41) is 0. The average Bonchev–Trinajstić information content (AvgIpc) is 2.05. The van der Waals surface area contributed by atoms with Crippen molar-refractivity contribution in [1.29, 1.82) is 0 Å². The van der Waals surface area contributed by atoms with E-state index in [2.05, 4.69) is 0 Å². The zero-order valence-electron chi connectivity index (χ0n) is 8.77. The molecular formula is C10H15NO3S. The minimum absolute atomic E-state index is 0.0741. The van der Waals surface area contributed by atoms with Crippen LogP contribution in [-0.4, -0.2) is 13.0 Å². The molecule has 0 radical (unpaired) electrons. The highest BCUT2D eigenvalue weighted by atomic mass is 32.2. The Kier molecular flexibility index (Phi) is 3.36. The van der Waals surface area contributed by atoms with Gasteiger partial charge in [-0.2, -0.15) is 8.42 Å². The predicted octanol–water partition coefficient (Wildman–Crippen LogP) is 1.71. The highest BCUT2D eigenvalue weighted by Gasteiger charge is 2.14. The van der Waals surface area contributed by atoms with Gasteiger partial charge in [0.05, 0.1) is 5.69 Å². The second kappa shape index (κ2) is 4.20. The molecule has 0 fully saturated rings. The van der Waals surface area contributed by atoms with E-state index in [9.17, 15) is 8.42 Å². The van der Waals surface area contributed by atoms with Crippen LogP contribution in [0, 0.1) is 5.92 Å². The summed E-state index contributed by atoms with van der Waals surface area (Å²) in [6, 6.07) is 4.69. The molecule has 0 amide bonds. The van der Waals surface area contributed by atoms with Gasteiger partial charge < -0.3 is 5.73 Å². The Hall–Kier alpha value is -1.07. The van der Waals surface area contributed by atoms with Crippen LogP contribution in [0.5, 0.6) is 0 Å². The predicted molar refractivity (Wildman–Crippen MR) is 59.2 cm³/mol. The summed E-state index contributed by atoms with van der Waals surface area (Å²) in [4.78, 5) is -0.208. The van der Waals surface area contributed by atoms with Crippen LogP contribution in [0.2, 0.25) is 0 Å². The van der Waals surface area contributed by atoms with Gasteiger partial charge in [0.2, 0.25) is 0 Å². The minimum Gasteiger partial charge on any atom is -0.398 e. The van der Waals surface area contributed by atoms with Crippen molar-refractivity contribution < 1.29 is 13.0 Å². The fourth-order valence-electron chi connectivity index (χ4n) is 1.40. The van der Waals surface area contributed by atoms with Gasteiger partial charge in [0.1, 0.15) is 4.90 Å². The van der Waals surface area contributed by atoms with Crippen molar-refractivity contribution in [3.05, 3.63) is 23.8 Å². The molecule has 0 saturated heterocycles. The standard InChI is InChI=1S/C10H15NO3S/c1-7(2)5-8-3-4-9(11)10(6-8)15(12,13)14/h3-4,6-7H,5,11H2,1-2H3,(H,12,13,14). The molecule has 3 N–H and O–H groups in total. The maximum atomic E-state index is 11.0. The van der Waals surface area contributed by atoms with Crippen molar-refractivity contribution >= 4 is 15.8 Å². The molecule has 0 aromatic heterocycles. The second-order valence-corrected chi connectivity index (χ2v) is 5.34. The number of hydrogen-bond acceptors (Lipinski definition) is 3. The fourth-order valence-corrected chi connectivity index (χ4v) is 2.07. The lowest BCUT2D eigenvalue weighted by atomic mass is 10.0. The minimum atomic E-state index is -4.22. The van der Waals surface area contributed by atoms with E-state index in [0.29, 0.717) is 5.92 Å². The first-order valence-electron chi connectivity index (χ1n) is 4.66. The molecule has 1 rings (SSSR count). The van der Waals surface area contributed by atoms with Crippen LogP contribution in [0.4, 0.5) is 5.69 Å². The summed E-state index contributed by atoms with van der Waals surface area (Å²) in [7, 11) is -4.22. The number of hydrogen-bond donors (Lipinski definition) is 2. The molecule has 0 unspecified atom stereocenters. The first-order chi connectivity index (χ1) is 6.80. The Bertz CT molecular complexity index is 452. The number of nitrogens with two attached hydrogens (primary N) is 1. The van der Waals surface area contributed by atoms with Crippen molar-refractivity contribution in [2.75, 3.05) is 5.73 Å². The molecule has 4 nitrogen and oxygen atoms in total. The number of nitrogen functional groups attached to an aromatic ring is 1. The maximum Gasteiger partial charge on any atom is 0.296 e. The maximum absolute atomic E-state index is 11.0. The highest BCUT2D eigenvalue weighted by Crippen LogP contribution is 2.21. The Morgan fingerprint density at radius 2 is 2.00 bits per heavy atom. The quantitative estimate of drug-likeness (QED) is 0.610. The second-order valence-electron chi connectivity index (χ2n) is 3.95. The molecule has 1 aromatic rings. The van der Waals surface area contributed by atoms with E-state index in [-0.39, 0.29) is 10.6 Å². The zero-order valence-corrected chi connectivity index (χ0v) is 9.58. The van der Waals surface area contributed by atoms with Crippen LogP contribution in [0.15, 0.2) is 23.1 Å². The molecule has 5 heteroatoms. The van der Waals surface area contributed by atoms with Gasteiger partial charge in [-0.15, -0.1) is 0 Å². The molecular weight excluding hydrogens is 214 g/mol. The summed E-state index contributed by atoms with van der Waals surface area (Å²) in [5.41, 5.74) is 6.39. The van der Waals surface area contributed by atoms with Crippen LogP contribution < -0.4 is 5.73 Å². The summed E-state index contributed by atoms with van der Waals surface area (Å²) in [6.07, 6.45) is 0.753. The highest BCUT2D eigenvalue weighted by molar-refractivity contribution is 7.86. The summed E-state index contributed by atoms with van der Waals surface area (Å²) in [6.45, 7) is 4.06. The third kappa shape index (κ3) is 3.21. The Labute approximate surface area is 89.9 Å².